The van der Waals surface area contributed by atoms with Crippen molar-refractivity contribution in [1.29, 1.82) is 0 Å². The zero-order valence-electron chi connectivity index (χ0n) is 15.9. The Morgan fingerprint density at radius 1 is 1.10 bits per heavy atom. The molecular formula is C19H22F3N3O4. The van der Waals surface area contributed by atoms with Crippen LogP contribution in [0.3, 0.4) is 0 Å². The number of carboxylic acids is 1. The molecule has 0 atom stereocenters. The first kappa shape index (κ1) is 23.9. The molecule has 0 radical (unpaired) electrons. The molecule has 2 aromatic rings. The maximum Gasteiger partial charge on any atom is 0.416 e. The number of carbonyl (C=O) groups is 2. The average molecular weight is 413 g/mol. The number of hydrogen-bond donors (Lipinski definition) is 3. The van der Waals surface area contributed by atoms with E-state index in [0.717, 1.165) is 37.5 Å². The number of nitrogens with one attached hydrogen (secondary N) is 2. The summed E-state index contributed by atoms with van der Waals surface area (Å²) in [5, 5.41) is 13.6. The van der Waals surface area contributed by atoms with Crippen molar-refractivity contribution < 1.29 is 32.6 Å². The van der Waals surface area contributed by atoms with Crippen LogP contribution in [0.15, 0.2) is 42.6 Å². The Labute approximate surface area is 165 Å². The maximum atomic E-state index is 12.5. The molecule has 29 heavy (non-hydrogen) atoms. The van der Waals surface area contributed by atoms with Gasteiger partial charge in [0.1, 0.15) is 12.4 Å². The van der Waals surface area contributed by atoms with E-state index in [9.17, 15) is 22.8 Å². The average Bonchev–Trinajstić information content (AvgIpc) is 2.68. The molecule has 0 aliphatic heterocycles. The molecule has 10 heteroatoms. The SMILES string of the molecule is CCOCC.O=C(O)CNc1ncccc1NC(=O)c1ccc(C(F)(F)F)cc1. The van der Waals surface area contributed by atoms with E-state index in [2.05, 4.69) is 15.6 Å². The van der Waals surface area contributed by atoms with Gasteiger partial charge in [-0.25, -0.2) is 4.98 Å². The summed E-state index contributed by atoms with van der Waals surface area (Å²) in [6, 6.07) is 6.73. The quantitative estimate of drug-likeness (QED) is 0.637. The summed E-state index contributed by atoms with van der Waals surface area (Å²) < 4.78 is 42.3. The number of hydrogen-bond acceptors (Lipinski definition) is 5. The lowest BCUT2D eigenvalue weighted by Crippen LogP contribution is -2.17. The third kappa shape index (κ3) is 8.60. The van der Waals surface area contributed by atoms with Crippen LogP contribution in [-0.2, 0) is 15.7 Å². The van der Waals surface area contributed by atoms with Crippen molar-refractivity contribution in [3.8, 4) is 0 Å². The van der Waals surface area contributed by atoms with Gasteiger partial charge in [-0.3, -0.25) is 9.59 Å². The molecule has 0 saturated carbocycles. The van der Waals surface area contributed by atoms with Gasteiger partial charge >= 0.3 is 12.1 Å². The molecular weight excluding hydrogens is 391 g/mol. The molecule has 1 heterocycles. The Morgan fingerprint density at radius 3 is 2.21 bits per heavy atom. The summed E-state index contributed by atoms with van der Waals surface area (Å²) in [6.07, 6.45) is -3.08. The zero-order valence-corrected chi connectivity index (χ0v) is 15.9. The molecule has 0 spiro atoms. The molecule has 158 valence electrons. The fourth-order valence-electron chi connectivity index (χ4n) is 2.02. The van der Waals surface area contributed by atoms with Crippen LogP contribution >= 0.6 is 0 Å². The van der Waals surface area contributed by atoms with Crippen LogP contribution in [0.2, 0.25) is 0 Å². The highest BCUT2D eigenvalue weighted by molar-refractivity contribution is 6.05. The Kier molecular flexibility index (Phi) is 9.60. The second-order valence-electron chi connectivity index (χ2n) is 5.46. The molecule has 0 bridgehead atoms. The number of amides is 1. The Balaban J connectivity index is 0.000000749. The summed E-state index contributed by atoms with van der Waals surface area (Å²) in [5.41, 5.74) is -0.621. The molecule has 0 fully saturated rings. The number of aromatic nitrogens is 1. The summed E-state index contributed by atoms with van der Waals surface area (Å²) in [6.45, 7) is 5.26. The number of ether oxygens (including phenoxy) is 1. The van der Waals surface area contributed by atoms with Gasteiger partial charge in [-0.1, -0.05) is 0 Å². The molecule has 1 amide bonds. The van der Waals surface area contributed by atoms with E-state index in [-0.39, 0.29) is 17.1 Å². The van der Waals surface area contributed by atoms with Gasteiger partial charge in [0.15, 0.2) is 0 Å². The van der Waals surface area contributed by atoms with Crippen molar-refractivity contribution in [1.82, 2.24) is 4.98 Å². The molecule has 2 rings (SSSR count). The summed E-state index contributed by atoms with van der Waals surface area (Å²) >= 11 is 0. The lowest BCUT2D eigenvalue weighted by molar-refractivity contribution is -0.137. The Morgan fingerprint density at radius 2 is 1.72 bits per heavy atom. The largest absolute Gasteiger partial charge is 0.480 e. The lowest BCUT2D eigenvalue weighted by atomic mass is 10.1. The second kappa shape index (κ2) is 11.6. The number of aliphatic carboxylic acids is 1. The van der Waals surface area contributed by atoms with Gasteiger partial charge in [0.25, 0.3) is 5.91 Å². The van der Waals surface area contributed by atoms with E-state index in [1.54, 1.807) is 0 Å². The minimum atomic E-state index is -4.48. The zero-order chi connectivity index (χ0) is 21.9. The number of pyridine rings is 1. The van der Waals surface area contributed by atoms with E-state index < -0.39 is 30.2 Å². The van der Waals surface area contributed by atoms with Gasteiger partial charge in [-0.05, 0) is 50.2 Å². The normalized spacial score (nSPS) is 10.5. The second-order valence-corrected chi connectivity index (χ2v) is 5.46. The van der Waals surface area contributed by atoms with Crippen molar-refractivity contribution in [2.24, 2.45) is 0 Å². The summed E-state index contributed by atoms with van der Waals surface area (Å²) in [5.74, 6) is -1.61. The fourth-order valence-corrected chi connectivity index (χ4v) is 2.02. The van der Waals surface area contributed by atoms with E-state index in [1.165, 1.54) is 18.3 Å². The van der Waals surface area contributed by atoms with Gasteiger partial charge in [0.05, 0.1) is 11.3 Å². The van der Waals surface area contributed by atoms with Crippen molar-refractivity contribution in [3.63, 3.8) is 0 Å². The van der Waals surface area contributed by atoms with Crippen LogP contribution in [-0.4, -0.2) is 41.7 Å². The predicted octanol–water partition coefficient (Wildman–Crippen LogP) is 3.89. The molecule has 1 aromatic heterocycles. The number of carbonyl (C=O) groups excluding carboxylic acids is 1. The third-order valence-electron chi connectivity index (χ3n) is 3.35. The molecule has 0 aliphatic rings. The van der Waals surface area contributed by atoms with Crippen molar-refractivity contribution in [2.75, 3.05) is 30.4 Å². The van der Waals surface area contributed by atoms with Crippen molar-refractivity contribution in [2.45, 2.75) is 20.0 Å². The number of alkyl halides is 3. The van der Waals surface area contributed by atoms with Crippen LogP contribution in [0, 0.1) is 0 Å². The topological polar surface area (TPSA) is 101 Å². The first-order chi connectivity index (χ1) is 13.7. The van der Waals surface area contributed by atoms with E-state index >= 15 is 0 Å². The number of carboxylic acid groups (broad SMARTS) is 1. The van der Waals surface area contributed by atoms with Gasteiger partial charge in [-0.15, -0.1) is 0 Å². The lowest BCUT2D eigenvalue weighted by Gasteiger charge is -2.11. The van der Waals surface area contributed by atoms with Gasteiger partial charge in [-0.2, -0.15) is 13.2 Å². The number of benzene rings is 1. The molecule has 0 aliphatic carbocycles. The minimum absolute atomic E-state index is 0.0241. The van der Waals surface area contributed by atoms with Crippen LogP contribution in [0.5, 0.6) is 0 Å². The van der Waals surface area contributed by atoms with Crippen LogP contribution in [0.25, 0.3) is 0 Å². The Hall–Kier alpha value is -3.14. The number of nitrogens with zero attached hydrogens (tertiary/aromatic N) is 1. The summed E-state index contributed by atoms with van der Waals surface area (Å²) in [7, 11) is 0. The van der Waals surface area contributed by atoms with Crippen LogP contribution in [0.1, 0.15) is 29.8 Å². The summed E-state index contributed by atoms with van der Waals surface area (Å²) in [4.78, 5) is 26.6. The minimum Gasteiger partial charge on any atom is -0.480 e. The molecule has 0 saturated heterocycles. The smallest absolute Gasteiger partial charge is 0.416 e. The van der Waals surface area contributed by atoms with E-state index in [1.807, 2.05) is 13.8 Å². The molecule has 3 N–H and O–H groups in total. The number of rotatable bonds is 7. The van der Waals surface area contributed by atoms with Crippen LogP contribution in [0.4, 0.5) is 24.7 Å². The predicted molar refractivity (Wildman–Crippen MR) is 102 cm³/mol. The Bertz CT molecular complexity index is 794. The number of anilines is 2. The first-order valence-corrected chi connectivity index (χ1v) is 8.66. The molecule has 1 aromatic carbocycles. The highest BCUT2D eigenvalue weighted by Gasteiger charge is 2.30. The molecule has 0 unspecified atom stereocenters. The highest BCUT2D eigenvalue weighted by atomic mass is 19.4. The van der Waals surface area contributed by atoms with Crippen molar-refractivity contribution in [3.05, 3.63) is 53.7 Å². The third-order valence-corrected chi connectivity index (χ3v) is 3.35. The van der Waals surface area contributed by atoms with Gasteiger partial charge < -0.3 is 20.5 Å². The van der Waals surface area contributed by atoms with Crippen LogP contribution < -0.4 is 10.6 Å². The number of halogens is 3. The van der Waals surface area contributed by atoms with Gasteiger partial charge in [0.2, 0.25) is 0 Å². The van der Waals surface area contributed by atoms with Gasteiger partial charge in [0, 0.05) is 25.0 Å². The highest BCUT2D eigenvalue weighted by Crippen LogP contribution is 2.29. The standard InChI is InChI=1S/C15H12F3N3O3.C4H10O/c16-15(17,18)10-5-3-9(4-6-10)14(24)21-11-2-1-7-19-13(11)20-8-12(22)23;1-3-5-4-2/h1-7H,8H2,(H,19,20)(H,21,24)(H,22,23);3-4H2,1-2H3. The maximum absolute atomic E-state index is 12.5. The molecule has 7 nitrogen and oxygen atoms in total. The van der Waals surface area contributed by atoms with Crippen molar-refractivity contribution >= 4 is 23.4 Å². The monoisotopic (exact) mass is 413 g/mol. The van der Waals surface area contributed by atoms with E-state index in [0.29, 0.717) is 0 Å². The fraction of sp³-hybridized carbons (Fsp3) is 0.316. The first-order valence-electron chi connectivity index (χ1n) is 8.66. The van der Waals surface area contributed by atoms with E-state index in [4.69, 9.17) is 9.84 Å².